The second kappa shape index (κ2) is 6.12. The molecule has 1 amide bonds. The van der Waals surface area contributed by atoms with Crippen LogP contribution in [-0.4, -0.2) is 42.1 Å². The molecule has 3 aromatic rings. The molecule has 0 saturated heterocycles. The molecule has 1 N–H and O–H groups in total. The van der Waals surface area contributed by atoms with Crippen LogP contribution in [0.3, 0.4) is 0 Å². The Bertz CT molecular complexity index is 820. The Morgan fingerprint density at radius 1 is 1.04 bits per heavy atom. The summed E-state index contributed by atoms with van der Waals surface area (Å²) in [6.45, 7) is 0.549. The van der Waals surface area contributed by atoms with Crippen molar-refractivity contribution >= 4 is 22.5 Å². The van der Waals surface area contributed by atoms with E-state index in [4.69, 9.17) is 0 Å². The molecule has 3 rings (SSSR count). The van der Waals surface area contributed by atoms with Gasteiger partial charge in [-0.2, -0.15) is 5.10 Å². The van der Waals surface area contributed by atoms with Gasteiger partial charge >= 0.3 is 0 Å². The van der Waals surface area contributed by atoms with Crippen molar-refractivity contribution in [3.63, 3.8) is 0 Å². The first-order valence-corrected chi connectivity index (χ1v) is 7.51. The van der Waals surface area contributed by atoms with Crippen LogP contribution in [0.1, 0.15) is 16.1 Å². The standard InChI is InChI=1S/C18H20N4O/c1-21(2)14-10-8-13(9-11-14)12-22(3)18(23)17-15-6-4-5-7-16(15)19-20-17/h4-11H,12H2,1-3H3,(H,19,20). The number of aromatic nitrogens is 2. The monoisotopic (exact) mass is 308 g/mol. The van der Waals surface area contributed by atoms with Crippen LogP contribution in [0.25, 0.3) is 10.9 Å². The first-order chi connectivity index (χ1) is 11.1. The number of H-pyrrole nitrogens is 1. The molecule has 0 bridgehead atoms. The first-order valence-electron chi connectivity index (χ1n) is 7.51. The van der Waals surface area contributed by atoms with Gasteiger partial charge in [0.25, 0.3) is 5.91 Å². The van der Waals surface area contributed by atoms with Crippen molar-refractivity contribution in [3.05, 3.63) is 59.8 Å². The van der Waals surface area contributed by atoms with Crippen molar-refractivity contribution in [2.24, 2.45) is 0 Å². The second-order valence-electron chi connectivity index (χ2n) is 5.84. The van der Waals surface area contributed by atoms with E-state index in [9.17, 15) is 4.79 Å². The molecule has 0 radical (unpaired) electrons. The number of amides is 1. The molecule has 0 spiro atoms. The average Bonchev–Trinajstić information content (AvgIpc) is 2.98. The maximum absolute atomic E-state index is 12.6. The predicted molar refractivity (Wildman–Crippen MR) is 92.7 cm³/mol. The molecule has 1 aromatic heterocycles. The van der Waals surface area contributed by atoms with E-state index in [1.54, 1.807) is 11.9 Å². The zero-order chi connectivity index (χ0) is 16.4. The Morgan fingerprint density at radius 2 is 1.74 bits per heavy atom. The predicted octanol–water partition coefficient (Wildman–Crippen LogP) is 2.90. The van der Waals surface area contributed by atoms with Gasteiger partial charge in [0.15, 0.2) is 5.69 Å². The smallest absolute Gasteiger partial charge is 0.275 e. The lowest BCUT2D eigenvalue weighted by molar-refractivity contribution is 0.0781. The van der Waals surface area contributed by atoms with E-state index in [0.717, 1.165) is 22.2 Å². The molecule has 5 heteroatoms. The minimum absolute atomic E-state index is 0.0841. The van der Waals surface area contributed by atoms with E-state index >= 15 is 0 Å². The van der Waals surface area contributed by atoms with Gasteiger partial charge in [0, 0.05) is 38.8 Å². The van der Waals surface area contributed by atoms with Crippen LogP contribution in [0.4, 0.5) is 5.69 Å². The molecule has 0 unspecified atom stereocenters. The molecule has 5 nitrogen and oxygen atoms in total. The summed E-state index contributed by atoms with van der Waals surface area (Å²) in [5.74, 6) is -0.0841. The maximum Gasteiger partial charge on any atom is 0.275 e. The average molecular weight is 308 g/mol. The molecule has 0 aliphatic rings. The summed E-state index contributed by atoms with van der Waals surface area (Å²) in [6, 6.07) is 15.9. The second-order valence-corrected chi connectivity index (χ2v) is 5.84. The van der Waals surface area contributed by atoms with E-state index in [2.05, 4.69) is 27.2 Å². The van der Waals surface area contributed by atoms with Gasteiger partial charge in [-0.25, -0.2) is 0 Å². The van der Waals surface area contributed by atoms with Crippen molar-refractivity contribution in [2.45, 2.75) is 6.54 Å². The Hall–Kier alpha value is -2.82. The molecule has 23 heavy (non-hydrogen) atoms. The summed E-state index contributed by atoms with van der Waals surface area (Å²) in [7, 11) is 5.81. The lowest BCUT2D eigenvalue weighted by Crippen LogP contribution is -2.26. The molecule has 1 heterocycles. The number of aromatic amines is 1. The highest BCUT2D eigenvalue weighted by molar-refractivity contribution is 6.04. The quantitative estimate of drug-likeness (QED) is 0.806. The lowest BCUT2D eigenvalue weighted by atomic mass is 10.1. The fourth-order valence-electron chi connectivity index (χ4n) is 2.55. The van der Waals surface area contributed by atoms with Gasteiger partial charge < -0.3 is 9.80 Å². The van der Waals surface area contributed by atoms with E-state index in [1.165, 1.54) is 0 Å². The maximum atomic E-state index is 12.6. The van der Waals surface area contributed by atoms with Crippen LogP contribution in [-0.2, 0) is 6.54 Å². The van der Waals surface area contributed by atoms with Gasteiger partial charge in [-0.05, 0) is 23.8 Å². The number of carbonyl (C=O) groups is 1. The van der Waals surface area contributed by atoms with Crippen molar-refractivity contribution in [3.8, 4) is 0 Å². The Labute approximate surface area is 135 Å². The fourth-order valence-corrected chi connectivity index (χ4v) is 2.55. The molecule has 0 aliphatic carbocycles. The van der Waals surface area contributed by atoms with Gasteiger partial charge in [0.2, 0.25) is 0 Å². The molecule has 0 fully saturated rings. The third kappa shape index (κ3) is 3.04. The number of hydrogen-bond donors (Lipinski definition) is 1. The Balaban J connectivity index is 1.77. The summed E-state index contributed by atoms with van der Waals surface area (Å²) in [5, 5.41) is 7.93. The zero-order valence-corrected chi connectivity index (χ0v) is 13.6. The van der Waals surface area contributed by atoms with E-state index in [1.807, 2.05) is 50.5 Å². The lowest BCUT2D eigenvalue weighted by Gasteiger charge is -2.17. The number of hydrogen-bond acceptors (Lipinski definition) is 3. The molecule has 118 valence electrons. The zero-order valence-electron chi connectivity index (χ0n) is 13.6. The number of para-hydroxylation sites is 1. The summed E-state index contributed by atoms with van der Waals surface area (Å²) >= 11 is 0. The van der Waals surface area contributed by atoms with E-state index in [0.29, 0.717) is 12.2 Å². The van der Waals surface area contributed by atoms with Crippen LogP contribution in [0.5, 0.6) is 0 Å². The van der Waals surface area contributed by atoms with Crippen LogP contribution < -0.4 is 4.90 Å². The van der Waals surface area contributed by atoms with E-state index in [-0.39, 0.29) is 5.91 Å². The summed E-state index contributed by atoms with van der Waals surface area (Å²) in [4.78, 5) is 16.4. The SMILES string of the molecule is CN(Cc1ccc(N(C)C)cc1)C(=O)c1n[nH]c2ccccc12. The number of benzene rings is 2. The summed E-state index contributed by atoms with van der Waals surface area (Å²) < 4.78 is 0. The highest BCUT2D eigenvalue weighted by atomic mass is 16.2. The van der Waals surface area contributed by atoms with Crippen LogP contribution in [0.2, 0.25) is 0 Å². The van der Waals surface area contributed by atoms with E-state index < -0.39 is 0 Å². The summed E-state index contributed by atoms with van der Waals surface area (Å²) in [5.41, 5.74) is 3.57. The number of fused-ring (bicyclic) bond motifs is 1. The number of nitrogens with zero attached hydrogens (tertiary/aromatic N) is 3. The summed E-state index contributed by atoms with van der Waals surface area (Å²) in [6.07, 6.45) is 0. The molecule has 0 saturated carbocycles. The largest absolute Gasteiger partial charge is 0.378 e. The van der Waals surface area contributed by atoms with Gasteiger partial charge in [-0.1, -0.05) is 30.3 Å². The molecule has 0 atom stereocenters. The molecular weight excluding hydrogens is 288 g/mol. The first kappa shape index (κ1) is 15.1. The van der Waals surface area contributed by atoms with Crippen LogP contribution >= 0.6 is 0 Å². The highest BCUT2D eigenvalue weighted by Crippen LogP contribution is 2.18. The van der Waals surface area contributed by atoms with Crippen molar-refractivity contribution < 1.29 is 4.79 Å². The van der Waals surface area contributed by atoms with Gasteiger partial charge in [0.1, 0.15) is 0 Å². The van der Waals surface area contributed by atoms with Gasteiger partial charge in [-0.15, -0.1) is 0 Å². The third-order valence-corrected chi connectivity index (χ3v) is 3.89. The number of nitrogens with one attached hydrogen (secondary N) is 1. The topological polar surface area (TPSA) is 52.2 Å². The third-order valence-electron chi connectivity index (χ3n) is 3.89. The molecule has 0 aliphatic heterocycles. The normalized spacial score (nSPS) is 10.7. The minimum Gasteiger partial charge on any atom is -0.378 e. The van der Waals surface area contributed by atoms with Crippen molar-refractivity contribution in [1.29, 1.82) is 0 Å². The minimum atomic E-state index is -0.0841. The van der Waals surface area contributed by atoms with Crippen molar-refractivity contribution in [1.82, 2.24) is 15.1 Å². The van der Waals surface area contributed by atoms with Crippen LogP contribution in [0.15, 0.2) is 48.5 Å². The number of rotatable bonds is 4. The molecule has 2 aromatic carbocycles. The van der Waals surface area contributed by atoms with Crippen LogP contribution in [0, 0.1) is 0 Å². The molecular formula is C18H20N4O. The highest BCUT2D eigenvalue weighted by Gasteiger charge is 2.18. The van der Waals surface area contributed by atoms with Gasteiger partial charge in [-0.3, -0.25) is 9.89 Å². The van der Waals surface area contributed by atoms with Gasteiger partial charge in [0.05, 0.1) is 5.52 Å². The van der Waals surface area contributed by atoms with Crippen molar-refractivity contribution in [2.75, 3.05) is 26.0 Å². The Kier molecular flexibility index (Phi) is 4.02. The fraction of sp³-hybridized carbons (Fsp3) is 0.222. The Morgan fingerprint density at radius 3 is 2.43 bits per heavy atom. The number of carbonyl (C=O) groups excluding carboxylic acids is 1. The number of anilines is 1.